The van der Waals surface area contributed by atoms with E-state index in [2.05, 4.69) is 18.8 Å². The summed E-state index contributed by atoms with van der Waals surface area (Å²) in [6.45, 7) is 4.23. The van der Waals surface area contributed by atoms with Crippen LogP contribution in [0.2, 0.25) is 0 Å². The van der Waals surface area contributed by atoms with Crippen molar-refractivity contribution in [2.24, 2.45) is 0 Å². The van der Waals surface area contributed by atoms with E-state index >= 15 is 0 Å². The smallest absolute Gasteiger partial charge is 0.0902 e. The quantitative estimate of drug-likeness (QED) is 0.860. The van der Waals surface area contributed by atoms with Crippen molar-refractivity contribution in [3.05, 3.63) is 42.1 Å². The zero-order chi connectivity index (χ0) is 13.0. The molecule has 0 spiro atoms. The van der Waals surface area contributed by atoms with E-state index in [4.69, 9.17) is 0 Å². The molecule has 2 heteroatoms. The van der Waals surface area contributed by atoms with Crippen molar-refractivity contribution in [1.82, 2.24) is 4.98 Å². The Bertz CT molecular complexity index is 510. The van der Waals surface area contributed by atoms with Crippen LogP contribution in [0.3, 0.4) is 0 Å². The van der Waals surface area contributed by atoms with E-state index < -0.39 is 5.60 Å². The topological polar surface area (TPSA) is 33.1 Å². The molecule has 1 N–H and O–H groups in total. The SMILES string of the molecule is CCCC(O)(CCC)c1cccc2ncccc12. The molecule has 0 amide bonds. The number of pyridine rings is 1. The minimum absolute atomic E-state index is 0.716. The largest absolute Gasteiger partial charge is 0.385 e. The number of hydrogen-bond acceptors (Lipinski definition) is 2. The molecule has 2 aromatic rings. The standard InChI is InChI=1S/C16H21NO/c1-3-10-16(18,11-4-2)14-8-5-9-15-13(14)7-6-12-17-15/h5-9,12,18H,3-4,10-11H2,1-2H3. The van der Waals surface area contributed by atoms with Gasteiger partial charge >= 0.3 is 0 Å². The van der Waals surface area contributed by atoms with Gasteiger partial charge < -0.3 is 5.11 Å². The molecule has 0 atom stereocenters. The van der Waals surface area contributed by atoms with Crippen molar-refractivity contribution in [3.8, 4) is 0 Å². The molecule has 0 bridgehead atoms. The molecular formula is C16H21NO. The Morgan fingerprint density at radius 3 is 2.44 bits per heavy atom. The highest BCUT2D eigenvalue weighted by Crippen LogP contribution is 2.35. The number of rotatable bonds is 5. The van der Waals surface area contributed by atoms with Crippen LogP contribution in [0.5, 0.6) is 0 Å². The summed E-state index contributed by atoms with van der Waals surface area (Å²) in [6, 6.07) is 10.0. The van der Waals surface area contributed by atoms with Gasteiger partial charge in [-0.1, -0.05) is 44.9 Å². The van der Waals surface area contributed by atoms with E-state index in [1.54, 1.807) is 6.20 Å². The van der Waals surface area contributed by atoms with Gasteiger partial charge in [0.2, 0.25) is 0 Å². The lowest BCUT2D eigenvalue weighted by atomic mass is 9.83. The molecule has 18 heavy (non-hydrogen) atoms. The molecule has 0 aliphatic rings. The summed E-state index contributed by atoms with van der Waals surface area (Å²) < 4.78 is 0. The van der Waals surface area contributed by atoms with Gasteiger partial charge in [-0.25, -0.2) is 0 Å². The monoisotopic (exact) mass is 243 g/mol. The van der Waals surface area contributed by atoms with Gasteiger partial charge in [-0.05, 0) is 30.5 Å². The Balaban J connectivity index is 2.56. The van der Waals surface area contributed by atoms with Crippen molar-refractivity contribution < 1.29 is 5.11 Å². The maximum absolute atomic E-state index is 11.0. The molecule has 0 aliphatic heterocycles. The van der Waals surface area contributed by atoms with Gasteiger partial charge in [0.25, 0.3) is 0 Å². The van der Waals surface area contributed by atoms with Crippen LogP contribution >= 0.6 is 0 Å². The Kier molecular flexibility index (Phi) is 3.97. The zero-order valence-electron chi connectivity index (χ0n) is 11.2. The van der Waals surface area contributed by atoms with E-state index in [1.807, 2.05) is 30.3 Å². The summed E-state index contributed by atoms with van der Waals surface area (Å²) in [6.07, 6.45) is 5.36. The van der Waals surface area contributed by atoms with Crippen molar-refractivity contribution >= 4 is 10.9 Å². The molecule has 1 aromatic carbocycles. The fourth-order valence-electron chi connectivity index (χ4n) is 2.73. The molecule has 1 aromatic heterocycles. The molecule has 0 unspecified atom stereocenters. The lowest BCUT2D eigenvalue weighted by molar-refractivity contribution is 0.0184. The zero-order valence-corrected chi connectivity index (χ0v) is 11.2. The minimum Gasteiger partial charge on any atom is -0.385 e. The number of benzene rings is 1. The van der Waals surface area contributed by atoms with Crippen molar-refractivity contribution in [2.75, 3.05) is 0 Å². The Morgan fingerprint density at radius 2 is 1.78 bits per heavy atom. The van der Waals surface area contributed by atoms with Gasteiger partial charge in [0.05, 0.1) is 11.1 Å². The fraction of sp³-hybridized carbons (Fsp3) is 0.438. The van der Waals surface area contributed by atoms with Crippen molar-refractivity contribution in [2.45, 2.75) is 45.1 Å². The third-order valence-corrected chi connectivity index (χ3v) is 3.47. The van der Waals surface area contributed by atoms with Crippen LogP contribution in [0.15, 0.2) is 36.5 Å². The third-order valence-electron chi connectivity index (χ3n) is 3.47. The van der Waals surface area contributed by atoms with E-state index in [-0.39, 0.29) is 0 Å². The highest BCUT2D eigenvalue weighted by Gasteiger charge is 2.28. The summed E-state index contributed by atoms with van der Waals surface area (Å²) in [5.41, 5.74) is 1.27. The number of hydrogen-bond donors (Lipinski definition) is 1. The Hall–Kier alpha value is -1.41. The Labute approximate surface area is 109 Å². The first kappa shape index (κ1) is 13.0. The second-order valence-corrected chi connectivity index (χ2v) is 4.91. The van der Waals surface area contributed by atoms with Gasteiger partial charge in [-0.2, -0.15) is 0 Å². The second-order valence-electron chi connectivity index (χ2n) is 4.91. The summed E-state index contributed by atoms with van der Waals surface area (Å²) >= 11 is 0. The molecular weight excluding hydrogens is 222 g/mol. The van der Waals surface area contributed by atoms with Crippen LogP contribution < -0.4 is 0 Å². The van der Waals surface area contributed by atoms with Crippen LogP contribution in [0.25, 0.3) is 10.9 Å². The number of fused-ring (bicyclic) bond motifs is 1. The van der Waals surface area contributed by atoms with Gasteiger partial charge in [-0.15, -0.1) is 0 Å². The molecule has 2 rings (SSSR count). The van der Waals surface area contributed by atoms with Gasteiger partial charge in [0.15, 0.2) is 0 Å². The maximum atomic E-state index is 11.0. The average molecular weight is 243 g/mol. The maximum Gasteiger partial charge on any atom is 0.0902 e. The van der Waals surface area contributed by atoms with E-state index in [0.717, 1.165) is 42.1 Å². The van der Waals surface area contributed by atoms with E-state index in [1.165, 1.54) is 0 Å². The van der Waals surface area contributed by atoms with Crippen molar-refractivity contribution in [3.63, 3.8) is 0 Å². The molecule has 2 nitrogen and oxygen atoms in total. The molecule has 1 heterocycles. The Morgan fingerprint density at radius 1 is 1.06 bits per heavy atom. The lowest BCUT2D eigenvalue weighted by Crippen LogP contribution is -2.25. The fourth-order valence-corrected chi connectivity index (χ4v) is 2.73. The van der Waals surface area contributed by atoms with Gasteiger partial charge in [-0.3, -0.25) is 4.98 Å². The predicted octanol–water partition coefficient (Wildman–Crippen LogP) is 4.02. The molecule has 0 fully saturated rings. The minimum atomic E-state index is -0.716. The lowest BCUT2D eigenvalue weighted by Gasteiger charge is -2.29. The molecule has 0 saturated heterocycles. The highest BCUT2D eigenvalue weighted by atomic mass is 16.3. The number of aliphatic hydroxyl groups is 1. The number of nitrogens with zero attached hydrogens (tertiary/aromatic N) is 1. The highest BCUT2D eigenvalue weighted by molar-refractivity contribution is 5.82. The molecule has 96 valence electrons. The number of aromatic nitrogens is 1. The first-order chi connectivity index (χ1) is 8.71. The van der Waals surface area contributed by atoms with E-state index in [9.17, 15) is 5.11 Å². The summed E-state index contributed by atoms with van der Waals surface area (Å²) in [7, 11) is 0. The van der Waals surface area contributed by atoms with Crippen molar-refractivity contribution in [1.29, 1.82) is 0 Å². The first-order valence-electron chi connectivity index (χ1n) is 6.78. The molecule has 0 saturated carbocycles. The van der Waals surface area contributed by atoms with Crippen LogP contribution in [0, 0.1) is 0 Å². The van der Waals surface area contributed by atoms with Gasteiger partial charge in [0, 0.05) is 11.6 Å². The third kappa shape index (κ3) is 2.39. The first-order valence-corrected chi connectivity index (χ1v) is 6.78. The van der Waals surface area contributed by atoms with Crippen LogP contribution in [-0.4, -0.2) is 10.1 Å². The molecule has 0 radical (unpaired) electrons. The normalized spacial score (nSPS) is 11.9. The summed E-state index contributed by atoms with van der Waals surface area (Å²) in [5, 5.41) is 12.0. The van der Waals surface area contributed by atoms with Crippen LogP contribution in [0.4, 0.5) is 0 Å². The summed E-state index contributed by atoms with van der Waals surface area (Å²) in [5.74, 6) is 0. The van der Waals surface area contributed by atoms with Crippen LogP contribution in [0.1, 0.15) is 45.1 Å². The second kappa shape index (κ2) is 5.49. The van der Waals surface area contributed by atoms with Crippen LogP contribution in [-0.2, 0) is 5.60 Å². The average Bonchev–Trinajstić information content (AvgIpc) is 2.38. The summed E-state index contributed by atoms with van der Waals surface area (Å²) in [4.78, 5) is 4.36. The van der Waals surface area contributed by atoms with E-state index in [0.29, 0.717) is 0 Å². The molecule has 0 aliphatic carbocycles. The van der Waals surface area contributed by atoms with Gasteiger partial charge in [0.1, 0.15) is 0 Å². The predicted molar refractivity (Wildman–Crippen MR) is 75.5 cm³/mol.